The van der Waals surface area contributed by atoms with Crippen molar-refractivity contribution in [1.82, 2.24) is 5.32 Å². The number of halogens is 1. The molecule has 1 N–H and O–H groups in total. The van der Waals surface area contributed by atoms with Gasteiger partial charge in [0, 0.05) is 16.6 Å². The zero-order valence-corrected chi connectivity index (χ0v) is 11.3. The first kappa shape index (κ1) is 13.2. The van der Waals surface area contributed by atoms with Crippen LogP contribution in [-0.4, -0.2) is 6.54 Å². The molecule has 2 aromatic rings. The molecule has 18 heavy (non-hydrogen) atoms. The third kappa shape index (κ3) is 3.37. The first-order valence-electron chi connectivity index (χ1n) is 6.30. The van der Waals surface area contributed by atoms with Gasteiger partial charge in [-0.1, -0.05) is 36.7 Å². The van der Waals surface area contributed by atoms with Crippen LogP contribution in [0.3, 0.4) is 0 Å². The van der Waals surface area contributed by atoms with Crippen molar-refractivity contribution in [2.24, 2.45) is 0 Å². The van der Waals surface area contributed by atoms with Crippen molar-refractivity contribution in [2.75, 3.05) is 6.54 Å². The van der Waals surface area contributed by atoms with Crippen molar-refractivity contribution in [3.8, 4) is 0 Å². The van der Waals surface area contributed by atoms with E-state index in [4.69, 9.17) is 16.0 Å². The molecule has 0 amide bonds. The second-order valence-electron chi connectivity index (χ2n) is 4.36. The number of nitrogens with one attached hydrogen (secondary N) is 1. The highest BCUT2D eigenvalue weighted by atomic mass is 35.5. The maximum Gasteiger partial charge on any atom is 0.0950 e. The zero-order valence-electron chi connectivity index (χ0n) is 10.5. The molecule has 1 aromatic heterocycles. The van der Waals surface area contributed by atoms with Gasteiger partial charge in [-0.25, -0.2) is 0 Å². The van der Waals surface area contributed by atoms with E-state index in [9.17, 15) is 0 Å². The van der Waals surface area contributed by atoms with Crippen LogP contribution in [0.15, 0.2) is 47.3 Å². The molecule has 2 nitrogen and oxygen atoms in total. The lowest BCUT2D eigenvalue weighted by atomic mass is 10.0. The molecule has 0 saturated carbocycles. The summed E-state index contributed by atoms with van der Waals surface area (Å²) in [6, 6.07) is 10.2. The third-order valence-electron chi connectivity index (χ3n) is 2.97. The topological polar surface area (TPSA) is 25.2 Å². The maximum absolute atomic E-state index is 6.21. The smallest absolute Gasteiger partial charge is 0.0950 e. The minimum Gasteiger partial charge on any atom is -0.472 e. The lowest BCUT2D eigenvalue weighted by Crippen LogP contribution is -2.23. The molecule has 0 bridgehead atoms. The molecule has 0 spiro atoms. The van der Waals surface area contributed by atoms with Gasteiger partial charge in [0.05, 0.1) is 12.5 Å². The van der Waals surface area contributed by atoms with E-state index >= 15 is 0 Å². The highest BCUT2D eigenvalue weighted by molar-refractivity contribution is 6.31. The van der Waals surface area contributed by atoms with Crippen molar-refractivity contribution in [2.45, 2.75) is 25.8 Å². The van der Waals surface area contributed by atoms with E-state index in [1.807, 2.05) is 24.3 Å². The second kappa shape index (κ2) is 6.62. The summed E-state index contributed by atoms with van der Waals surface area (Å²) in [6.45, 7) is 3.15. The van der Waals surface area contributed by atoms with Gasteiger partial charge in [0.25, 0.3) is 0 Å². The van der Waals surface area contributed by atoms with Crippen molar-refractivity contribution < 1.29 is 4.42 Å². The van der Waals surface area contributed by atoms with Gasteiger partial charge in [-0.05, 0) is 37.1 Å². The van der Waals surface area contributed by atoms with E-state index in [0.717, 1.165) is 30.0 Å². The van der Waals surface area contributed by atoms with Crippen LogP contribution in [0.1, 0.15) is 30.5 Å². The molecule has 0 radical (unpaired) electrons. The molecule has 96 valence electrons. The van der Waals surface area contributed by atoms with Crippen LogP contribution in [0.25, 0.3) is 0 Å². The number of hydrogen-bond donors (Lipinski definition) is 1. The molecular weight excluding hydrogens is 246 g/mol. The third-order valence-corrected chi connectivity index (χ3v) is 3.34. The molecular formula is C15H18ClNO. The lowest BCUT2D eigenvalue weighted by Gasteiger charge is -2.17. The minimum absolute atomic E-state index is 0.253. The van der Waals surface area contributed by atoms with Crippen LogP contribution < -0.4 is 5.32 Å². The zero-order chi connectivity index (χ0) is 12.8. The Morgan fingerprint density at radius 2 is 2.11 bits per heavy atom. The van der Waals surface area contributed by atoms with E-state index in [1.54, 1.807) is 12.5 Å². The predicted octanol–water partition coefficient (Wildman–Crippen LogP) is 4.22. The monoisotopic (exact) mass is 263 g/mol. The summed E-state index contributed by atoms with van der Waals surface area (Å²) >= 11 is 6.21. The summed E-state index contributed by atoms with van der Waals surface area (Å²) in [4.78, 5) is 0. The Labute approximate surface area is 113 Å². The summed E-state index contributed by atoms with van der Waals surface area (Å²) in [7, 11) is 0. The van der Waals surface area contributed by atoms with Crippen LogP contribution in [0.2, 0.25) is 5.02 Å². The first-order chi connectivity index (χ1) is 8.81. The summed E-state index contributed by atoms with van der Waals surface area (Å²) < 4.78 is 5.17. The Balaban J connectivity index is 2.13. The van der Waals surface area contributed by atoms with Gasteiger partial charge in [-0.3, -0.25) is 0 Å². The lowest BCUT2D eigenvalue weighted by molar-refractivity contribution is 0.512. The fraction of sp³-hybridized carbons (Fsp3) is 0.333. The standard InChI is InChI=1S/C15H18ClNO/c1-2-8-17-15(13-7-9-18-11-13)10-12-5-3-4-6-14(12)16/h3-7,9,11,15,17H,2,8,10H2,1H3. The van der Waals surface area contributed by atoms with Crippen molar-refractivity contribution in [3.63, 3.8) is 0 Å². The van der Waals surface area contributed by atoms with E-state index in [-0.39, 0.29) is 6.04 Å². The minimum atomic E-state index is 0.253. The second-order valence-corrected chi connectivity index (χ2v) is 4.77. The van der Waals surface area contributed by atoms with Crippen molar-refractivity contribution in [1.29, 1.82) is 0 Å². The highest BCUT2D eigenvalue weighted by Gasteiger charge is 2.14. The molecule has 2 rings (SSSR count). The first-order valence-corrected chi connectivity index (χ1v) is 6.68. The molecule has 1 aromatic carbocycles. The number of benzene rings is 1. The number of hydrogen-bond acceptors (Lipinski definition) is 2. The van der Waals surface area contributed by atoms with Gasteiger partial charge in [0.2, 0.25) is 0 Å². The van der Waals surface area contributed by atoms with Gasteiger partial charge in [-0.15, -0.1) is 0 Å². The fourth-order valence-electron chi connectivity index (χ4n) is 1.98. The van der Waals surface area contributed by atoms with Gasteiger partial charge in [-0.2, -0.15) is 0 Å². The van der Waals surface area contributed by atoms with Crippen LogP contribution in [-0.2, 0) is 6.42 Å². The molecule has 1 atom stereocenters. The van der Waals surface area contributed by atoms with E-state index < -0.39 is 0 Å². The van der Waals surface area contributed by atoms with Crippen molar-refractivity contribution >= 4 is 11.6 Å². The van der Waals surface area contributed by atoms with Gasteiger partial charge in [0.15, 0.2) is 0 Å². The normalized spacial score (nSPS) is 12.6. The van der Waals surface area contributed by atoms with Crippen LogP contribution >= 0.6 is 11.6 Å². The molecule has 0 saturated heterocycles. The van der Waals surface area contributed by atoms with Gasteiger partial charge >= 0.3 is 0 Å². The molecule has 0 aliphatic rings. The quantitative estimate of drug-likeness (QED) is 0.844. The van der Waals surface area contributed by atoms with E-state index in [0.29, 0.717) is 0 Å². The van der Waals surface area contributed by atoms with Gasteiger partial charge in [0.1, 0.15) is 0 Å². The molecule has 0 aliphatic heterocycles. The average Bonchev–Trinajstić information content (AvgIpc) is 2.90. The molecule has 3 heteroatoms. The SMILES string of the molecule is CCCNC(Cc1ccccc1Cl)c1ccoc1. The molecule has 1 unspecified atom stereocenters. The predicted molar refractivity (Wildman–Crippen MR) is 74.9 cm³/mol. The maximum atomic E-state index is 6.21. The van der Waals surface area contributed by atoms with E-state index in [1.165, 1.54) is 5.56 Å². The van der Waals surface area contributed by atoms with Crippen LogP contribution in [0.4, 0.5) is 0 Å². The van der Waals surface area contributed by atoms with E-state index in [2.05, 4.69) is 18.3 Å². The molecule has 0 aliphatic carbocycles. The molecule has 1 heterocycles. The van der Waals surface area contributed by atoms with Crippen LogP contribution in [0.5, 0.6) is 0 Å². The van der Waals surface area contributed by atoms with Gasteiger partial charge < -0.3 is 9.73 Å². The summed E-state index contributed by atoms with van der Waals surface area (Å²) in [5, 5.41) is 4.35. The summed E-state index contributed by atoms with van der Waals surface area (Å²) in [5.41, 5.74) is 2.33. The number of furan rings is 1. The largest absolute Gasteiger partial charge is 0.472 e. The van der Waals surface area contributed by atoms with Crippen molar-refractivity contribution in [3.05, 3.63) is 59.0 Å². The Hall–Kier alpha value is -1.25. The Bertz CT molecular complexity index is 467. The Morgan fingerprint density at radius 3 is 2.78 bits per heavy atom. The molecule has 0 fully saturated rings. The summed E-state index contributed by atoms with van der Waals surface area (Å²) in [6.07, 6.45) is 5.49. The van der Waals surface area contributed by atoms with Crippen LogP contribution in [0, 0.1) is 0 Å². The highest BCUT2D eigenvalue weighted by Crippen LogP contribution is 2.23. The Kier molecular flexibility index (Phi) is 4.85. The summed E-state index contributed by atoms with van der Waals surface area (Å²) in [5.74, 6) is 0. The Morgan fingerprint density at radius 1 is 1.28 bits per heavy atom. The average molecular weight is 264 g/mol. The number of rotatable bonds is 6. The fourth-order valence-corrected chi connectivity index (χ4v) is 2.20.